The van der Waals surface area contributed by atoms with Crippen LogP contribution < -0.4 is 10.5 Å². The zero-order valence-corrected chi connectivity index (χ0v) is 14.0. The third kappa shape index (κ3) is 3.58. The van der Waals surface area contributed by atoms with Gasteiger partial charge in [-0.1, -0.05) is 6.07 Å². The van der Waals surface area contributed by atoms with E-state index < -0.39 is 5.91 Å². The van der Waals surface area contributed by atoms with Crippen LogP contribution in [0.1, 0.15) is 27.2 Å². The quantitative estimate of drug-likeness (QED) is 0.884. The molecule has 7 heteroatoms. The number of carbonyl (C=O) groups excluding carboxylic acids is 1. The number of methoxy groups -OCH3 is 1. The predicted molar refractivity (Wildman–Crippen MR) is 88.8 cm³/mol. The van der Waals surface area contributed by atoms with E-state index in [1.165, 1.54) is 0 Å². The van der Waals surface area contributed by atoms with E-state index in [1.807, 2.05) is 12.1 Å². The SMILES string of the molecule is COCc1nn(Cc2ccc3c(c2)CN(C)CCO3)cc1C(N)=O. The van der Waals surface area contributed by atoms with Gasteiger partial charge < -0.3 is 15.2 Å². The standard InChI is InChI=1S/C17H22N4O3/c1-20-5-6-24-16-4-3-12(7-13(16)9-20)8-21-10-14(17(18)22)15(19-21)11-23-2/h3-4,7,10H,5-6,8-9,11H2,1-2H3,(H2,18,22). The Bertz CT molecular complexity index is 741. The van der Waals surface area contributed by atoms with Crippen molar-refractivity contribution in [2.75, 3.05) is 27.3 Å². The van der Waals surface area contributed by atoms with Crippen molar-refractivity contribution < 1.29 is 14.3 Å². The zero-order valence-electron chi connectivity index (χ0n) is 14.0. The lowest BCUT2D eigenvalue weighted by Gasteiger charge is -2.12. The van der Waals surface area contributed by atoms with Gasteiger partial charge in [0.05, 0.1) is 18.7 Å². The number of hydrogen-bond acceptors (Lipinski definition) is 5. The number of primary amides is 1. The molecule has 0 fully saturated rings. The Balaban J connectivity index is 1.84. The molecule has 1 aromatic heterocycles. The van der Waals surface area contributed by atoms with Gasteiger partial charge in [-0.25, -0.2) is 0 Å². The van der Waals surface area contributed by atoms with Gasteiger partial charge in [0.1, 0.15) is 18.1 Å². The van der Waals surface area contributed by atoms with Crippen LogP contribution in [0.5, 0.6) is 5.75 Å². The van der Waals surface area contributed by atoms with E-state index in [2.05, 4.69) is 23.1 Å². The van der Waals surface area contributed by atoms with Gasteiger partial charge in [-0.05, 0) is 24.7 Å². The minimum Gasteiger partial charge on any atom is -0.492 e. The van der Waals surface area contributed by atoms with Crippen molar-refractivity contribution in [1.82, 2.24) is 14.7 Å². The second kappa shape index (κ2) is 7.02. The van der Waals surface area contributed by atoms with E-state index in [4.69, 9.17) is 15.2 Å². The van der Waals surface area contributed by atoms with Crippen molar-refractivity contribution in [3.63, 3.8) is 0 Å². The summed E-state index contributed by atoms with van der Waals surface area (Å²) in [6, 6.07) is 6.14. The summed E-state index contributed by atoms with van der Waals surface area (Å²) >= 11 is 0. The Morgan fingerprint density at radius 1 is 1.46 bits per heavy atom. The summed E-state index contributed by atoms with van der Waals surface area (Å²) < 4.78 is 12.6. The molecule has 0 radical (unpaired) electrons. The van der Waals surface area contributed by atoms with Crippen molar-refractivity contribution in [3.05, 3.63) is 46.8 Å². The first kappa shape index (κ1) is 16.5. The van der Waals surface area contributed by atoms with Gasteiger partial charge in [-0.15, -0.1) is 0 Å². The van der Waals surface area contributed by atoms with Crippen LogP contribution in [0, 0.1) is 0 Å². The van der Waals surface area contributed by atoms with Crippen LogP contribution in [0.15, 0.2) is 24.4 Å². The maximum atomic E-state index is 11.5. The molecule has 3 rings (SSSR count). The van der Waals surface area contributed by atoms with Crippen molar-refractivity contribution in [2.45, 2.75) is 19.7 Å². The highest BCUT2D eigenvalue weighted by atomic mass is 16.5. The highest BCUT2D eigenvalue weighted by Gasteiger charge is 2.16. The highest BCUT2D eigenvalue weighted by molar-refractivity contribution is 5.93. The van der Waals surface area contributed by atoms with Crippen LogP contribution in [0.2, 0.25) is 0 Å². The lowest BCUT2D eigenvalue weighted by atomic mass is 10.1. The number of likely N-dealkylation sites (N-methyl/N-ethyl adjacent to an activating group) is 1. The molecule has 1 aromatic carbocycles. The normalized spacial score (nSPS) is 14.8. The molecule has 0 unspecified atom stereocenters. The summed E-state index contributed by atoms with van der Waals surface area (Å²) in [4.78, 5) is 13.7. The Kier molecular flexibility index (Phi) is 4.82. The summed E-state index contributed by atoms with van der Waals surface area (Å²) in [5.74, 6) is 0.437. The summed E-state index contributed by atoms with van der Waals surface area (Å²) in [5, 5.41) is 4.41. The van der Waals surface area contributed by atoms with Crippen molar-refractivity contribution in [1.29, 1.82) is 0 Å². The van der Waals surface area contributed by atoms with Crippen molar-refractivity contribution >= 4 is 5.91 Å². The summed E-state index contributed by atoms with van der Waals surface area (Å²) in [7, 11) is 3.64. The number of fused-ring (bicyclic) bond motifs is 1. The molecule has 0 atom stereocenters. The molecule has 128 valence electrons. The minimum absolute atomic E-state index is 0.258. The van der Waals surface area contributed by atoms with E-state index >= 15 is 0 Å². The van der Waals surface area contributed by atoms with Gasteiger partial charge in [-0.2, -0.15) is 5.10 Å². The topological polar surface area (TPSA) is 82.6 Å². The molecule has 1 amide bonds. The second-order valence-corrected chi connectivity index (χ2v) is 6.01. The largest absolute Gasteiger partial charge is 0.492 e. The van der Waals surface area contributed by atoms with Crippen LogP contribution in [-0.4, -0.2) is 47.9 Å². The number of rotatable bonds is 5. The fourth-order valence-electron chi connectivity index (χ4n) is 2.86. The lowest BCUT2D eigenvalue weighted by Crippen LogP contribution is -2.20. The molecule has 0 spiro atoms. The van der Waals surface area contributed by atoms with Gasteiger partial charge in [0.2, 0.25) is 0 Å². The van der Waals surface area contributed by atoms with Crippen molar-refractivity contribution in [2.24, 2.45) is 5.73 Å². The van der Waals surface area contributed by atoms with Gasteiger partial charge in [0, 0.05) is 32.0 Å². The summed E-state index contributed by atoms with van der Waals surface area (Å²) in [6.45, 7) is 3.27. The lowest BCUT2D eigenvalue weighted by molar-refractivity contribution is 0.0995. The third-order valence-electron chi connectivity index (χ3n) is 4.03. The molecular formula is C17H22N4O3. The Morgan fingerprint density at radius 3 is 3.04 bits per heavy atom. The van der Waals surface area contributed by atoms with Crippen LogP contribution in [-0.2, 0) is 24.4 Å². The fraction of sp³-hybridized carbons (Fsp3) is 0.412. The average molecular weight is 330 g/mol. The third-order valence-corrected chi connectivity index (χ3v) is 4.03. The molecule has 0 bridgehead atoms. The van der Waals surface area contributed by atoms with Gasteiger partial charge in [0.25, 0.3) is 5.91 Å². The smallest absolute Gasteiger partial charge is 0.252 e. The monoisotopic (exact) mass is 330 g/mol. The number of hydrogen-bond donors (Lipinski definition) is 1. The number of nitrogens with two attached hydrogens (primary N) is 1. The molecular weight excluding hydrogens is 308 g/mol. The maximum Gasteiger partial charge on any atom is 0.252 e. The van der Waals surface area contributed by atoms with E-state index in [0.717, 1.165) is 30.0 Å². The molecule has 2 N–H and O–H groups in total. The number of amides is 1. The first-order valence-corrected chi connectivity index (χ1v) is 7.85. The van der Waals surface area contributed by atoms with E-state index in [1.54, 1.807) is 18.0 Å². The molecule has 7 nitrogen and oxygen atoms in total. The van der Waals surface area contributed by atoms with Crippen LogP contribution in [0.4, 0.5) is 0 Å². The fourth-order valence-corrected chi connectivity index (χ4v) is 2.86. The molecule has 1 aliphatic heterocycles. The molecule has 24 heavy (non-hydrogen) atoms. The maximum absolute atomic E-state index is 11.5. The second-order valence-electron chi connectivity index (χ2n) is 6.01. The average Bonchev–Trinajstić information content (AvgIpc) is 2.82. The van der Waals surface area contributed by atoms with E-state index in [0.29, 0.717) is 24.4 Å². The molecule has 2 aromatic rings. The van der Waals surface area contributed by atoms with E-state index in [-0.39, 0.29) is 6.61 Å². The number of aromatic nitrogens is 2. The zero-order chi connectivity index (χ0) is 17.1. The van der Waals surface area contributed by atoms with E-state index in [9.17, 15) is 4.79 Å². The summed E-state index contributed by atoms with van der Waals surface area (Å²) in [5.41, 5.74) is 8.61. The van der Waals surface area contributed by atoms with Crippen molar-refractivity contribution in [3.8, 4) is 5.75 Å². The molecule has 0 aliphatic carbocycles. The van der Waals surface area contributed by atoms with Crippen LogP contribution in [0.25, 0.3) is 0 Å². The summed E-state index contributed by atoms with van der Waals surface area (Å²) in [6.07, 6.45) is 1.67. The Morgan fingerprint density at radius 2 is 2.29 bits per heavy atom. The number of ether oxygens (including phenoxy) is 2. The number of nitrogens with zero attached hydrogens (tertiary/aromatic N) is 3. The number of carbonyl (C=O) groups is 1. The molecule has 0 saturated heterocycles. The van der Waals surface area contributed by atoms with Gasteiger partial charge in [-0.3, -0.25) is 14.4 Å². The first-order valence-electron chi connectivity index (χ1n) is 7.85. The van der Waals surface area contributed by atoms with Gasteiger partial charge in [0.15, 0.2) is 0 Å². The molecule has 2 heterocycles. The molecule has 0 saturated carbocycles. The Labute approximate surface area is 140 Å². The number of benzene rings is 1. The minimum atomic E-state index is -0.495. The van der Waals surface area contributed by atoms with Gasteiger partial charge >= 0.3 is 0 Å². The highest BCUT2D eigenvalue weighted by Crippen LogP contribution is 2.24. The van der Waals surface area contributed by atoms with Crippen LogP contribution in [0.3, 0.4) is 0 Å². The van der Waals surface area contributed by atoms with Crippen LogP contribution >= 0.6 is 0 Å². The molecule has 1 aliphatic rings. The first-order chi connectivity index (χ1) is 11.6. The predicted octanol–water partition coefficient (Wildman–Crippen LogP) is 1.00. The Hall–Kier alpha value is -2.38.